The third-order valence-corrected chi connectivity index (χ3v) is 3.68. The maximum absolute atomic E-state index is 12.0. The third-order valence-electron chi connectivity index (χ3n) is 3.45. The first-order chi connectivity index (χ1) is 10.7. The minimum Gasteiger partial charge on any atom is -0.461 e. The van der Waals surface area contributed by atoms with Crippen molar-refractivity contribution in [2.75, 3.05) is 6.54 Å². The first-order valence-corrected chi connectivity index (χ1v) is 7.61. The average Bonchev–Trinajstić information content (AvgIpc) is 2.94. The molecule has 0 bridgehead atoms. The van der Waals surface area contributed by atoms with E-state index in [2.05, 4.69) is 5.32 Å². The molecule has 0 saturated carbocycles. The Kier molecular flexibility index (Phi) is 4.45. The topological polar surface area (TPSA) is 42.2 Å². The molecular weight excluding hydrogens is 298 g/mol. The molecule has 22 heavy (non-hydrogen) atoms. The van der Waals surface area contributed by atoms with Crippen molar-refractivity contribution in [1.29, 1.82) is 0 Å². The molecule has 4 heteroatoms. The van der Waals surface area contributed by atoms with Crippen molar-refractivity contribution in [3.63, 3.8) is 0 Å². The van der Waals surface area contributed by atoms with Crippen molar-refractivity contribution in [1.82, 2.24) is 5.32 Å². The van der Waals surface area contributed by atoms with Crippen molar-refractivity contribution < 1.29 is 9.21 Å². The van der Waals surface area contributed by atoms with Crippen LogP contribution in [0.3, 0.4) is 0 Å². The van der Waals surface area contributed by atoms with Crippen LogP contribution in [0.25, 0.3) is 11.0 Å². The number of aryl methyl sites for hydroxylation is 1. The zero-order valence-electron chi connectivity index (χ0n) is 12.0. The Morgan fingerprint density at radius 1 is 1.09 bits per heavy atom. The summed E-state index contributed by atoms with van der Waals surface area (Å²) in [7, 11) is 0. The number of benzene rings is 2. The molecule has 1 amide bonds. The molecule has 0 radical (unpaired) electrons. The van der Waals surface area contributed by atoms with E-state index in [1.54, 1.807) is 24.3 Å². The second-order valence-corrected chi connectivity index (χ2v) is 5.56. The van der Waals surface area contributed by atoms with Crippen LogP contribution in [0.5, 0.6) is 0 Å². The number of carbonyl (C=O) groups is 1. The van der Waals surface area contributed by atoms with E-state index in [1.165, 1.54) is 0 Å². The zero-order chi connectivity index (χ0) is 15.4. The van der Waals surface area contributed by atoms with E-state index in [9.17, 15) is 4.79 Å². The molecule has 0 atom stereocenters. The summed E-state index contributed by atoms with van der Waals surface area (Å²) in [4.78, 5) is 12.0. The van der Waals surface area contributed by atoms with Crippen LogP contribution in [0.2, 0.25) is 5.02 Å². The van der Waals surface area contributed by atoms with E-state index in [-0.39, 0.29) is 5.91 Å². The maximum atomic E-state index is 12.0. The molecule has 3 nitrogen and oxygen atoms in total. The number of amides is 1. The number of hydrogen-bond donors (Lipinski definition) is 1. The van der Waals surface area contributed by atoms with Crippen molar-refractivity contribution in [3.05, 3.63) is 70.9 Å². The summed E-state index contributed by atoms with van der Waals surface area (Å²) in [6.45, 7) is 0.600. The predicted molar refractivity (Wildman–Crippen MR) is 88.3 cm³/mol. The molecule has 1 N–H and O–H groups in total. The molecule has 0 spiro atoms. The first-order valence-electron chi connectivity index (χ1n) is 7.23. The minimum atomic E-state index is -0.105. The highest BCUT2D eigenvalue weighted by Gasteiger charge is 2.06. The summed E-state index contributed by atoms with van der Waals surface area (Å²) >= 11 is 5.88. The molecule has 1 heterocycles. The van der Waals surface area contributed by atoms with E-state index >= 15 is 0 Å². The standard InChI is InChI=1S/C18H16ClNO2/c19-15-7-3-6-14(11-15)18(21)20-10-4-8-16-12-13-5-1-2-9-17(13)22-16/h1-3,5-7,9,11-12H,4,8,10H2,(H,20,21). The second-order valence-electron chi connectivity index (χ2n) is 5.12. The molecule has 0 unspecified atom stereocenters. The summed E-state index contributed by atoms with van der Waals surface area (Å²) in [5.74, 6) is 0.838. The number of rotatable bonds is 5. The van der Waals surface area contributed by atoms with Gasteiger partial charge in [0, 0.05) is 28.9 Å². The van der Waals surface area contributed by atoms with Crippen LogP contribution >= 0.6 is 11.6 Å². The van der Waals surface area contributed by atoms with Gasteiger partial charge in [0.15, 0.2) is 0 Å². The van der Waals surface area contributed by atoms with Crippen LogP contribution < -0.4 is 5.32 Å². The number of hydrogen-bond acceptors (Lipinski definition) is 2. The molecule has 112 valence electrons. The summed E-state index contributed by atoms with van der Waals surface area (Å²) < 4.78 is 5.75. The van der Waals surface area contributed by atoms with Gasteiger partial charge in [-0.25, -0.2) is 0 Å². The van der Waals surface area contributed by atoms with Gasteiger partial charge in [-0.2, -0.15) is 0 Å². The van der Waals surface area contributed by atoms with E-state index in [0.29, 0.717) is 17.1 Å². The van der Waals surface area contributed by atoms with Crippen LogP contribution in [0.1, 0.15) is 22.5 Å². The summed E-state index contributed by atoms with van der Waals surface area (Å²) in [5.41, 5.74) is 1.48. The Morgan fingerprint density at radius 2 is 1.95 bits per heavy atom. The Bertz CT molecular complexity index is 761. The average molecular weight is 314 g/mol. The molecule has 1 aromatic heterocycles. The Balaban J connectivity index is 1.50. The number of para-hydroxylation sites is 1. The first kappa shape index (κ1) is 14.7. The van der Waals surface area contributed by atoms with Gasteiger partial charge < -0.3 is 9.73 Å². The van der Waals surface area contributed by atoms with E-state index < -0.39 is 0 Å². The molecule has 0 aliphatic heterocycles. The quantitative estimate of drug-likeness (QED) is 0.707. The van der Waals surface area contributed by atoms with Crippen LogP contribution in [0.4, 0.5) is 0 Å². The lowest BCUT2D eigenvalue weighted by molar-refractivity contribution is 0.0953. The van der Waals surface area contributed by atoms with Gasteiger partial charge in [0.25, 0.3) is 5.91 Å². The van der Waals surface area contributed by atoms with Gasteiger partial charge in [-0.05, 0) is 36.8 Å². The fourth-order valence-electron chi connectivity index (χ4n) is 2.36. The highest BCUT2D eigenvalue weighted by molar-refractivity contribution is 6.30. The highest BCUT2D eigenvalue weighted by atomic mass is 35.5. The van der Waals surface area contributed by atoms with Crippen LogP contribution in [0.15, 0.2) is 59.0 Å². The van der Waals surface area contributed by atoms with Gasteiger partial charge in [0.2, 0.25) is 0 Å². The predicted octanol–water partition coefficient (Wildman–Crippen LogP) is 4.45. The van der Waals surface area contributed by atoms with Crippen LogP contribution in [-0.4, -0.2) is 12.5 Å². The van der Waals surface area contributed by atoms with Gasteiger partial charge in [-0.15, -0.1) is 0 Å². The number of halogens is 1. The number of nitrogens with one attached hydrogen (secondary N) is 1. The lowest BCUT2D eigenvalue weighted by Crippen LogP contribution is -2.24. The zero-order valence-corrected chi connectivity index (χ0v) is 12.8. The van der Waals surface area contributed by atoms with Gasteiger partial charge in [0.1, 0.15) is 11.3 Å². The second kappa shape index (κ2) is 6.67. The molecule has 2 aromatic carbocycles. The van der Waals surface area contributed by atoms with Crippen LogP contribution in [-0.2, 0) is 6.42 Å². The fourth-order valence-corrected chi connectivity index (χ4v) is 2.55. The molecule has 0 saturated heterocycles. The molecule has 0 aliphatic carbocycles. The van der Waals surface area contributed by atoms with E-state index in [4.69, 9.17) is 16.0 Å². The SMILES string of the molecule is O=C(NCCCc1cc2ccccc2o1)c1cccc(Cl)c1. The lowest BCUT2D eigenvalue weighted by Gasteiger charge is -2.04. The van der Waals surface area contributed by atoms with Crippen LogP contribution in [0, 0.1) is 0 Å². The number of carbonyl (C=O) groups excluding carboxylic acids is 1. The van der Waals surface area contributed by atoms with Gasteiger partial charge in [-0.3, -0.25) is 4.79 Å². The minimum absolute atomic E-state index is 0.105. The van der Waals surface area contributed by atoms with Crippen molar-refractivity contribution in [2.24, 2.45) is 0 Å². The molecule has 3 rings (SSSR count). The number of furan rings is 1. The normalized spacial score (nSPS) is 10.8. The Hall–Kier alpha value is -2.26. The largest absolute Gasteiger partial charge is 0.461 e. The summed E-state index contributed by atoms with van der Waals surface area (Å²) in [5, 5.41) is 4.57. The monoisotopic (exact) mass is 313 g/mol. The van der Waals surface area contributed by atoms with E-state index in [0.717, 1.165) is 29.6 Å². The summed E-state index contributed by atoms with van der Waals surface area (Å²) in [6, 6.07) is 16.9. The molecular formula is C18H16ClNO2. The summed E-state index contributed by atoms with van der Waals surface area (Å²) in [6.07, 6.45) is 1.62. The Morgan fingerprint density at radius 3 is 2.77 bits per heavy atom. The van der Waals surface area contributed by atoms with Crippen molar-refractivity contribution in [2.45, 2.75) is 12.8 Å². The molecule has 3 aromatic rings. The van der Waals surface area contributed by atoms with Crippen molar-refractivity contribution in [3.8, 4) is 0 Å². The molecule has 0 fully saturated rings. The van der Waals surface area contributed by atoms with Crippen molar-refractivity contribution >= 4 is 28.5 Å². The van der Waals surface area contributed by atoms with Gasteiger partial charge >= 0.3 is 0 Å². The Labute approximate surface area is 133 Å². The maximum Gasteiger partial charge on any atom is 0.251 e. The highest BCUT2D eigenvalue weighted by Crippen LogP contribution is 2.19. The lowest BCUT2D eigenvalue weighted by atomic mass is 10.2. The van der Waals surface area contributed by atoms with Gasteiger partial charge in [-0.1, -0.05) is 35.9 Å². The fraction of sp³-hybridized carbons (Fsp3) is 0.167. The molecule has 0 aliphatic rings. The smallest absolute Gasteiger partial charge is 0.251 e. The van der Waals surface area contributed by atoms with E-state index in [1.807, 2.05) is 30.3 Å². The van der Waals surface area contributed by atoms with Gasteiger partial charge in [0.05, 0.1) is 0 Å². The number of fused-ring (bicyclic) bond motifs is 1. The third kappa shape index (κ3) is 3.49.